The van der Waals surface area contributed by atoms with Gasteiger partial charge in [0.25, 0.3) is 0 Å². The number of benzene rings is 1. The van der Waals surface area contributed by atoms with E-state index in [9.17, 15) is 9.59 Å². The van der Waals surface area contributed by atoms with Gasteiger partial charge in [-0.05, 0) is 25.5 Å². The van der Waals surface area contributed by atoms with Gasteiger partial charge in [-0.1, -0.05) is 25.1 Å². The lowest BCUT2D eigenvalue weighted by atomic mass is 10.2. The summed E-state index contributed by atoms with van der Waals surface area (Å²) in [6.45, 7) is 3.80. The smallest absolute Gasteiger partial charge is 0.313 e. The Labute approximate surface area is 95.0 Å². The van der Waals surface area contributed by atoms with Gasteiger partial charge in [0.1, 0.15) is 0 Å². The number of anilines is 1. The molecule has 1 aromatic carbocycles. The largest absolute Gasteiger partial charge is 0.345 e. The number of nitrogens with one attached hydrogen (secondary N) is 2. The zero-order valence-corrected chi connectivity index (χ0v) is 9.49. The van der Waals surface area contributed by atoms with E-state index < -0.39 is 11.8 Å². The van der Waals surface area contributed by atoms with Crippen molar-refractivity contribution in [1.82, 2.24) is 5.32 Å². The van der Waals surface area contributed by atoms with Crippen molar-refractivity contribution < 1.29 is 9.59 Å². The lowest BCUT2D eigenvalue weighted by molar-refractivity contribution is -0.136. The number of para-hydroxylation sites is 1. The summed E-state index contributed by atoms with van der Waals surface area (Å²) in [7, 11) is 0. The molecule has 0 fully saturated rings. The highest BCUT2D eigenvalue weighted by Crippen LogP contribution is 2.04. The Morgan fingerprint density at radius 2 is 1.81 bits per heavy atom. The molecule has 4 nitrogen and oxygen atoms in total. The van der Waals surface area contributed by atoms with E-state index in [1.54, 1.807) is 24.3 Å². The lowest BCUT2D eigenvalue weighted by Gasteiger charge is -2.10. The number of carbonyl (C=O) groups excluding carboxylic acids is 2. The van der Waals surface area contributed by atoms with Crippen LogP contribution in [-0.2, 0) is 9.59 Å². The molecular weight excluding hydrogens is 204 g/mol. The van der Waals surface area contributed by atoms with Gasteiger partial charge in [-0.2, -0.15) is 0 Å². The maximum atomic E-state index is 11.4. The maximum absolute atomic E-state index is 11.4. The van der Waals surface area contributed by atoms with E-state index in [0.29, 0.717) is 5.69 Å². The van der Waals surface area contributed by atoms with Crippen LogP contribution in [0, 0.1) is 0 Å². The predicted octanol–water partition coefficient (Wildman–Crippen LogP) is 1.54. The molecule has 0 saturated heterocycles. The molecule has 2 amide bonds. The molecule has 16 heavy (non-hydrogen) atoms. The Morgan fingerprint density at radius 1 is 1.19 bits per heavy atom. The van der Waals surface area contributed by atoms with Crippen LogP contribution in [-0.4, -0.2) is 17.9 Å². The van der Waals surface area contributed by atoms with Crippen molar-refractivity contribution in [2.24, 2.45) is 0 Å². The van der Waals surface area contributed by atoms with Gasteiger partial charge in [-0.3, -0.25) is 9.59 Å². The minimum atomic E-state index is -0.633. The Kier molecular flexibility index (Phi) is 4.51. The van der Waals surface area contributed by atoms with Crippen LogP contribution in [0.4, 0.5) is 5.69 Å². The summed E-state index contributed by atoms with van der Waals surface area (Å²) in [5.41, 5.74) is 0.617. The normalized spacial score (nSPS) is 11.6. The third-order valence-electron chi connectivity index (χ3n) is 2.23. The van der Waals surface area contributed by atoms with Crippen LogP contribution < -0.4 is 10.6 Å². The summed E-state index contributed by atoms with van der Waals surface area (Å²) >= 11 is 0. The van der Waals surface area contributed by atoms with E-state index in [-0.39, 0.29) is 6.04 Å². The monoisotopic (exact) mass is 220 g/mol. The summed E-state index contributed by atoms with van der Waals surface area (Å²) in [5, 5.41) is 5.12. The van der Waals surface area contributed by atoms with Gasteiger partial charge >= 0.3 is 11.8 Å². The van der Waals surface area contributed by atoms with Crippen LogP contribution in [0.15, 0.2) is 30.3 Å². The summed E-state index contributed by atoms with van der Waals surface area (Å²) in [4.78, 5) is 22.8. The SMILES string of the molecule is CCC(C)NC(=O)C(=O)Nc1ccccc1. The predicted molar refractivity (Wildman–Crippen MR) is 63.0 cm³/mol. The van der Waals surface area contributed by atoms with Gasteiger partial charge in [-0.25, -0.2) is 0 Å². The first kappa shape index (κ1) is 12.2. The molecule has 1 unspecified atom stereocenters. The first-order valence-corrected chi connectivity index (χ1v) is 5.30. The van der Waals surface area contributed by atoms with Crippen molar-refractivity contribution in [2.45, 2.75) is 26.3 Å². The van der Waals surface area contributed by atoms with Gasteiger partial charge in [-0.15, -0.1) is 0 Å². The van der Waals surface area contributed by atoms with Crippen molar-refractivity contribution in [3.8, 4) is 0 Å². The second-order valence-electron chi connectivity index (χ2n) is 3.60. The lowest BCUT2D eigenvalue weighted by Crippen LogP contribution is -2.40. The van der Waals surface area contributed by atoms with Crippen LogP contribution >= 0.6 is 0 Å². The average Bonchev–Trinajstić information content (AvgIpc) is 2.30. The van der Waals surface area contributed by atoms with Crippen molar-refractivity contribution >= 4 is 17.5 Å². The van der Waals surface area contributed by atoms with Crippen molar-refractivity contribution in [3.63, 3.8) is 0 Å². The molecule has 0 aliphatic carbocycles. The van der Waals surface area contributed by atoms with E-state index >= 15 is 0 Å². The number of amides is 2. The Morgan fingerprint density at radius 3 is 2.38 bits per heavy atom. The first-order valence-electron chi connectivity index (χ1n) is 5.30. The molecule has 86 valence electrons. The fourth-order valence-electron chi connectivity index (χ4n) is 1.10. The van der Waals surface area contributed by atoms with Gasteiger partial charge in [0.15, 0.2) is 0 Å². The molecule has 1 atom stereocenters. The van der Waals surface area contributed by atoms with Crippen LogP contribution in [0.1, 0.15) is 20.3 Å². The molecule has 2 N–H and O–H groups in total. The topological polar surface area (TPSA) is 58.2 Å². The Bertz CT molecular complexity index is 363. The molecule has 4 heteroatoms. The first-order chi connectivity index (χ1) is 7.63. The summed E-state index contributed by atoms with van der Waals surface area (Å²) < 4.78 is 0. The average molecular weight is 220 g/mol. The van der Waals surface area contributed by atoms with E-state index in [1.165, 1.54) is 0 Å². The highest BCUT2D eigenvalue weighted by molar-refractivity contribution is 6.39. The molecule has 1 rings (SSSR count). The molecule has 1 aromatic rings. The highest BCUT2D eigenvalue weighted by atomic mass is 16.2. The molecule has 0 bridgehead atoms. The van der Waals surface area contributed by atoms with E-state index in [0.717, 1.165) is 6.42 Å². The second kappa shape index (κ2) is 5.90. The minimum absolute atomic E-state index is 0.00835. The van der Waals surface area contributed by atoms with Crippen LogP contribution in [0.2, 0.25) is 0 Å². The van der Waals surface area contributed by atoms with Crippen molar-refractivity contribution in [3.05, 3.63) is 30.3 Å². The molecule has 0 aromatic heterocycles. The fourth-order valence-corrected chi connectivity index (χ4v) is 1.10. The standard InChI is InChI=1S/C12H16N2O2/c1-3-9(2)13-11(15)12(16)14-10-7-5-4-6-8-10/h4-9H,3H2,1-2H3,(H,13,15)(H,14,16). The zero-order chi connectivity index (χ0) is 12.0. The Hall–Kier alpha value is -1.84. The van der Waals surface area contributed by atoms with Gasteiger partial charge in [0.05, 0.1) is 0 Å². The number of hydrogen-bond donors (Lipinski definition) is 2. The van der Waals surface area contributed by atoms with Crippen LogP contribution in [0.5, 0.6) is 0 Å². The molecule has 0 spiro atoms. The Balaban J connectivity index is 2.50. The van der Waals surface area contributed by atoms with E-state index in [2.05, 4.69) is 10.6 Å². The van der Waals surface area contributed by atoms with E-state index in [4.69, 9.17) is 0 Å². The summed E-state index contributed by atoms with van der Waals surface area (Å²) in [6, 6.07) is 8.90. The molecule has 0 aliphatic heterocycles. The van der Waals surface area contributed by atoms with Gasteiger partial charge < -0.3 is 10.6 Å². The third kappa shape index (κ3) is 3.73. The minimum Gasteiger partial charge on any atom is -0.345 e. The highest BCUT2D eigenvalue weighted by Gasteiger charge is 2.14. The third-order valence-corrected chi connectivity index (χ3v) is 2.23. The molecule has 0 radical (unpaired) electrons. The zero-order valence-electron chi connectivity index (χ0n) is 9.49. The van der Waals surface area contributed by atoms with Crippen molar-refractivity contribution in [2.75, 3.05) is 5.32 Å². The number of rotatable bonds is 3. The van der Waals surface area contributed by atoms with Crippen LogP contribution in [0.3, 0.4) is 0 Å². The quantitative estimate of drug-likeness (QED) is 0.759. The molecule has 0 saturated carbocycles. The number of hydrogen-bond acceptors (Lipinski definition) is 2. The van der Waals surface area contributed by atoms with Gasteiger partial charge in [0, 0.05) is 11.7 Å². The van der Waals surface area contributed by atoms with Gasteiger partial charge in [0.2, 0.25) is 0 Å². The molecule has 0 aliphatic rings. The fraction of sp³-hybridized carbons (Fsp3) is 0.333. The number of carbonyl (C=O) groups is 2. The van der Waals surface area contributed by atoms with E-state index in [1.807, 2.05) is 19.9 Å². The van der Waals surface area contributed by atoms with Crippen LogP contribution in [0.25, 0.3) is 0 Å². The molecule has 0 heterocycles. The summed E-state index contributed by atoms with van der Waals surface area (Å²) in [5.74, 6) is -1.23. The maximum Gasteiger partial charge on any atom is 0.313 e. The second-order valence-corrected chi connectivity index (χ2v) is 3.60. The molecular formula is C12H16N2O2. The van der Waals surface area contributed by atoms with Crippen molar-refractivity contribution in [1.29, 1.82) is 0 Å². The summed E-state index contributed by atoms with van der Waals surface area (Å²) in [6.07, 6.45) is 0.796.